The van der Waals surface area contributed by atoms with E-state index in [4.69, 9.17) is 4.74 Å². The number of amides is 1. The number of nitrogens with zero attached hydrogens (tertiary/aromatic N) is 2. The molecule has 1 fully saturated rings. The molecular weight excluding hydrogens is 296 g/mol. The van der Waals surface area contributed by atoms with Gasteiger partial charge in [-0.2, -0.15) is 0 Å². The average molecular weight is 322 g/mol. The molecule has 0 saturated carbocycles. The predicted molar refractivity (Wildman–Crippen MR) is 86.4 cm³/mol. The third-order valence-electron chi connectivity index (χ3n) is 4.52. The van der Waals surface area contributed by atoms with Gasteiger partial charge >= 0.3 is 0 Å². The molecule has 1 saturated heterocycles. The second-order valence-corrected chi connectivity index (χ2v) is 6.09. The normalized spacial score (nSPS) is 24.5. The van der Waals surface area contributed by atoms with Crippen LogP contribution < -0.4 is 4.74 Å². The Bertz CT molecular complexity index is 537. The molecule has 0 aliphatic carbocycles. The minimum Gasteiger partial charge on any atom is -0.477 e. The van der Waals surface area contributed by atoms with E-state index in [0.717, 1.165) is 6.42 Å². The van der Waals surface area contributed by atoms with E-state index in [1.54, 1.807) is 23.2 Å². The van der Waals surface area contributed by atoms with Crippen molar-refractivity contribution in [2.24, 2.45) is 5.41 Å². The molecule has 6 heteroatoms. The lowest BCUT2D eigenvalue weighted by Crippen LogP contribution is -2.55. The smallest absolute Gasteiger partial charge is 0.259 e. The number of carbonyl (C=O) groups excluding carboxylic acids is 1. The third-order valence-corrected chi connectivity index (χ3v) is 4.52. The Balaban J connectivity index is 2.23. The summed E-state index contributed by atoms with van der Waals surface area (Å²) in [6.07, 6.45) is 3.00. The summed E-state index contributed by atoms with van der Waals surface area (Å²) < 4.78 is 5.44. The van der Waals surface area contributed by atoms with Crippen molar-refractivity contribution in [3.63, 3.8) is 0 Å². The van der Waals surface area contributed by atoms with Crippen LogP contribution in [0.15, 0.2) is 18.3 Å². The largest absolute Gasteiger partial charge is 0.477 e. The molecule has 1 aromatic heterocycles. The minimum atomic E-state index is -0.642. The fourth-order valence-electron chi connectivity index (χ4n) is 3.28. The van der Waals surface area contributed by atoms with Crippen LogP contribution in [0, 0.1) is 5.41 Å². The number of hydrogen-bond donors (Lipinski definition) is 2. The maximum absolute atomic E-state index is 12.9. The minimum absolute atomic E-state index is 0.128. The molecule has 0 aromatic carbocycles. The molecule has 1 aromatic rings. The van der Waals surface area contributed by atoms with Gasteiger partial charge < -0.3 is 19.8 Å². The first-order valence-electron chi connectivity index (χ1n) is 8.24. The fourth-order valence-corrected chi connectivity index (χ4v) is 3.28. The summed E-state index contributed by atoms with van der Waals surface area (Å²) in [5.74, 6) is 0.165. The van der Waals surface area contributed by atoms with Gasteiger partial charge in [0.15, 0.2) is 0 Å². The third kappa shape index (κ3) is 3.64. The van der Waals surface area contributed by atoms with E-state index in [-0.39, 0.29) is 12.5 Å². The van der Waals surface area contributed by atoms with Gasteiger partial charge in [0, 0.05) is 24.7 Å². The molecule has 23 heavy (non-hydrogen) atoms. The number of hydrogen-bond acceptors (Lipinski definition) is 5. The number of aliphatic hydroxyl groups is 2. The number of ether oxygens (including phenoxy) is 1. The molecule has 128 valence electrons. The van der Waals surface area contributed by atoms with Crippen molar-refractivity contribution in [2.75, 3.05) is 26.3 Å². The van der Waals surface area contributed by atoms with Crippen LogP contribution >= 0.6 is 0 Å². The lowest BCUT2D eigenvalue weighted by atomic mass is 9.74. The molecule has 1 aliphatic heterocycles. The van der Waals surface area contributed by atoms with Crippen molar-refractivity contribution in [3.8, 4) is 5.88 Å². The number of pyridine rings is 1. The maximum atomic E-state index is 12.9. The summed E-state index contributed by atoms with van der Waals surface area (Å²) in [6, 6.07) is 3.41. The molecule has 1 aliphatic rings. The molecule has 0 unspecified atom stereocenters. The van der Waals surface area contributed by atoms with Crippen molar-refractivity contribution >= 4 is 5.91 Å². The van der Waals surface area contributed by atoms with E-state index in [1.807, 2.05) is 13.8 Å². The second kappa shape index (κ2) is 7.75. The summed E-state index contributed by atoms with van der Waals surface area (Å²) in [6.45, 7) is 4.98. The Labute approximate surface area is 137 Å². The van der Waals surface area contributed by atoms with E-state index in [0.29, 0.717) is 44.0 Å². The van der Waals surface area contributed by atoms with Crippen molar-refractivity contribution < 1.29 is 19.7 Å². The maximum Gasteiger partial charge on any atom is 0.259 e. The van der Waals surface area contributed by atoms with Crippen LogP contribution in [0.5, 0.6) is 5.88 Å². The van der Waals surface area contributed by atoms with Crippen molar-refractivity contribution in [1.29, 1.82) is 0 Å². The van der Waals surface area contributed by atoms with Crippen LogP contribution in [0.25, 0.3) is 0 Å². The van der Waals surface area contributed by atoms with Crippen LogP contribution in [-0.4, -0.2) is 58.4 Å². The summed E-state index contributed by atoms with van der Waals surface area (Å²) in [5, 5.41) is 20.1. The van der Waals surface area contributed by atoms with Gasteiger partial charge in [0.05, 0.1) is 19.3 Å². The number of likely N-dealkylation sites (tertiary alicyclic amines) is 1. The molecule has 0 spiro atoms. The lowest BCUT2D eigenvalue weighted by Gasteiger charge is -2.45. The predicted octanol–water partition coefficient (Wildman–Crippen LogP) is 1.47. The van der Waals surface area contributed by atoms with Gasteiger partial charge in [-0.3, -0.25) is 4.79 Å². The number of rotatable bonds is 6. The number of aromatic nitrogens is 1. The highest BCUT2D eigenvalue weighted by atomic mass is 16.5. The Morgan fingerprint density at radius 1 is 1.52 bits per heavy atom. The zero-order valence-electron chi connectivity index (χ0n) is 13.9. The first kappa shape index (κ1) is 17.7. The first-order valence-corrected chi connectivity index (χ1v) is 8.24. The quantitative estimate of drug-likeness (QED) is 0.828. The molecule has 2 atom stereocenters. The van der Waals surface area contributed by atoms with Crippen LogP contribution in [0.2, 0.25) is 0 Å². The molecule has 2 rings (SSSR count). The topological polar surface area (TPSA) is 82.9 Å². The summed E-state index contributed by atoms with van der Waals surface area (Å²) in [4.78, 5) is 18.7. The Morgan fingerprint density at radius 2 is 2.30 bits per heavy atom. The van der Waals surface area contributed by atoms with Crippen molar-refractivity contribution in [3.05, 3.63) is 23.9 Å². The Kier molecular flexibility index (Phi) is 5.96. The van der Waals surface area contributed by atoms with E-state index >= 15 is 0 Å². The van der Waals surface area contributed by atoms with Gasteiger partial charge in [-0.15, -0.1) is 0 Å². The van der Waals surface area contributed by atoms with Gasteiger partial charge in [0.25, 0.3) is 5.91 Å². The Morgan fingerprint density at radius 3 is 2.96 bits per heavy atom. The second-order valence-electron chi connectivity index (χ2n) is 6.09. The van der Waals surface area contributed by atoms with Gasteiger partial charge in [-0.05, 0) is 31.9 Å². The number of piperidine rings is 1. The highest BCUT2D eigenvalue weighted by molar-refractivity contribution is 5.96. The zero-order chi connectivity index (χ0) is 16.9. The monoisotopic (exact) mass is 322 g/mol. The molecule has 0 radical (unpaired) electrons. The molecule has 2 N–H and O–H groups in total. The van der Waals surface area contributed by atoms with E-state index in [2.05, 4.69) is 4.98 Å². The molecule has 6 nitrogen and oxygen atoms in total. The highest BCUT2D eigenvalue weighted by Crippen LogP contribution is 2.35. The fraction of sp³-hybridized carbons (Fsp3) is 0.647. The van der Waals surface area contributed by atoms with Crippen LogP contribution in [-0.2, 0) is 0 Å². The molecular formula is C17H26N2O4. The highest BCUT2D eigenvalue weighted by Gasteiger charge is 2.43. The van der Waals surface area contributed by atoms with Gasteiger partial charge in [0.1, 0.15) is 5.56 Å². The van der Waals surface area contributed by atoms with Crippen LogP contribution in [0.4, 0.5) is 0 Å². The van der Waals surface area contributed by atoms with Gasteiger partial charge in [-0.1, -0.05) is 13.3 Å². The van der Waals surface area contributed by atoms with E-state index < -0.39 is 11.5 Å². The SMILES string of the molecule is CCC[C@@]1(CO)CN(C(=O)c2cccnc2OCC)CC[C@H]1O. The van der Waals surface area contributed by atoms with Crippen LogP contribution in [0.1, 0.15) is 43.5 Å². The number of aliphatic hydroxyl groups excluding tert-OH is 2. The van der Waals surface area contributed by atoms with E-state index in [9.17, 15) is 15.0 Å². The lowest BCUT2D eigenvalue weighted by molar-refractivity contribution is -0.0720. The van der Waals surface area contributed by atoms with Gasteiger partial charge in [-0.25, -0.2) is 4.98 Å². The van der Waals surface area contributed by atoms with Gasteiger partial charge in [0.2, 0.25) is 5.88 Å². The molecule has 1 amide bonds. The van der Waals surface area contributed by atoms with E-state index in [1.165, 1.54) is 0 Å². The summed E-state index contributed by atoms with van der Waals surface area (Å²) >= 11 is 0. The summed E-state index contributed by atoms with van der Waals surface area (Å²) in [7, 11) is 0. The average Bonchev–Trinajstić information content (AvgIpc) is 2.57. The molecule has 2 heterocycles. The first-order chi connectivity index (χ1) is 11.1. The van der Waals surface area contributed by atoms with Crippen molar-refractivity contribution in [1.82, 2.24) is 9.88 Å². The Hall–Kier alpha value is -1.66. The summed E-state index contributed by atoms with van der Waals surface area (Å²) in [5.41, 5.74) is -0.217. The van der Waals surface area contributed by atoms with Crippen molar-refractivity contribution in [2.45, 2.75) is 39.2 Å². The zero-order valence-corrected chi connectivity index (χ0v) is 13.9. The molecule has 0 bridgehead atoms. The number of carbonyl (C=O) groups is 1. The van der Waals surface area contributed by atoms with Crippen LogP contribution in [0.3, 0.4) is 0 Å². The standard InChI is InChI=1S/C17H26N2O4/c1-3-8-17(12-20)11-19(10-7-14(17)21)16(22)13-6-5-9-18-15(13)23-4-2/h5-6,9,14,20-21H,3-4,7-8,10-12H2,1-2H3/t14-,17+/m1/s1.